The first-order chi connectivity index (χ1) is 1.00. The smallest absolute Gasteiger partial charge is 0.0683 e. The molecule has 0 atom stereocenters. The lowest BCUT2D eigenvalue weighted by atomic mass is 11.0. The van der Waals surface area contributed by atoms with E-state index in [1.165, 1.54) is 0 Å². The molecule has 0 spiro atoms. The molecule has 0 heterocycles. The van der Waals surface area contributed by atoms with Crippen molar-refractivity contribution in [2.45, 2.75) is 13.8 Å². The van der Waals surface area contributed by atoms with Crippen molar-refractivity contribution in [3.8, 4) is 0 Å². The SMILES string of the molecule is Br.Br.Br.Br.Br.Br.CC. The lowest BCUT2D eigenvalue weighted by molar-refractivity contribution is 1.50. The van der Waals surface area contributed by atoms with E-state index in [1.54, 1.807) is 0 Å². The van der Waals surface area contributed by atoms with Gasteiger partial charge in [-0.3, -0.25) is 0 Å². The summed E-state index contributed by atoms with van der Waals surface area (Å²) in [6.07, 6.45) is 0. The highest BCUT2D eigenvalue weighted by molar-refractivity contribution is 8.93. The average molecular weight is 516 g/mol. The van der Waals surface area contributed by atoms with Crippen LogP contribution in [0.25, 0.3) is 0 Å². The Balaban J connectivity index is -0.000000000333. The summed E-state index contributed by atoms with van der Waals surface area (Å²) >= 11 is 0. The van der Waals surface area contributed by atoms with Crippen LogP contribution in [-0.4, -0.2) is 0 Å². The normalized spacial score (nSPS) is 0.750. The van der Waals surface area contributed by atoms with Crippen LogP contribution in [0.2, 0.25) is 0 Å². The molecule has 0 aliphatic heterocycles. The van der Waals surface area contributed by atoms with Gasteiger partial charge in [0.1, 0.15) is 0 Å². The molecule has 0 unspecified atom stereocenters. The summed E-state index contributed by atoms with van der Waals surface area (Å²) in [7, 11) is 0. The zero-order valence-electron chi connectivity index (χ0n) is 4.45. The van der Waals surface area contributed by atoms with Crippen LogP contribution in [0.15, 0.2) is 0 Å². The molecule has 0 aromatic carbocycles. The molecule has 0 saturated heterocycles. The van der Waals surface area contributed by atoms with Gasteiger partial charge in [0.15, 0.2) is 0 Å². The van der Waals surface area contributed by atoms with E-state index in [9.17, 15) is 0 Å². The third kappa shape index (κ3) is 66.5. The average Bonchev–Trinajstić information content (AvgIpc) is 1.00. The summed E-state index contributed by atoms with van der Waals surface area (Å²) in [5.74, 6) is 0. The molecule has 0 aliphatic rings. The van der Waals surface area contributed by atoms with E-state index < -0.39 is 0 Å². The molecule has 0 aromatic heterocycles. The Kier molecular flexibility index (Phi) is 828. The van der Waals surface area contributed by atoms with Crippen molar-refractivity contribution in [2.75, 3.05) is 0 Å². The Morgan fingerprint density at radius 1 is 0.375 bits per heavy atom. The molecular weight excluding hydrogens is 503 g/mol. The second-order valence-electron chi connectivity index (χ2n) is 0. The van der Waals surface area contributed by atoms with Crippen LogP contribution < -0.4 is 0 Å². The van der Waals surface area contributed by atoms with E-state index >= 15 is 0 Å². The summed E-state index contributed by atoms with van der Waals surface area (Å²) < 4.78 is 0. The van der Waals surface area contributed by atoms with Crippen molar-refractivity contribution in [2.24, 2.45) is 0 Å². The monoisotopic (exact) mass is 510 g/mol. The molecule has 0 bridgehead atoms. The largest absolute Gasteiger partial charge is 0.114 e. The Bertz CT molecular complexity index is 6.49. The topological polar surface area (TPSA) is 0 Å². The third-order valence-corrected chi connectivity index (χ3v) is 0. The molecule has 8 heavy (non-hydrogen) atoms. The fourth-order valence-corrected chi connectivity index (χ4v) is 0. The van der Waals surface area contributed by atoms with Gasteiger partial charge in [0.2, 0.25) is 0 Å². The molecular formula is C2H12Br6. The van der Waals surface area contributed by atoms with Gasteiger partial charge in [0, 0.05) is 0 Å². The number of halogens is 6. The third-order valence-electron chi connectivity index (χ3n) is 0. The van der Waals surface area contributed by atoms with E-state index in [-0.39, 0.29) is 102 Å². The minimum atomic E-state index is 0. The summed E-state index contributed by atoms with van der Waals surface area (Å²) in [5, 5.41) is 0. The van der Waals surface area contributed by atoms with Gasteiger partial charge in [-0.2, -0.15) is 0 Å². The Morgan fingerprint density at radius 2 is 0.375 bits per heavy atom. The maximum atomic E-state index is 2.00. The van der Waals surface area contributed by atoms with Crippen LogP contribution in [-0.2, 0) is 0 Å². The first kappa shape index (κ1) is 70.5. The quantitative estimate of drug-likeness (QED) is 0.446. The van der Waals surface area contributed by atoms with E-state index in [4.69, 9.17) is 0 Å². The summed E-state index contributed by atoms with van der Waals surface area (Å²) in [5.41, 5.74) is 0. The van der Waals surface area contributed by atoms with Crippen LogP contribution in [0, 0.1) is 0 Å². The van der Waals surface area contributed by atoms with Gasteiger partial charge in [0.25, 0.3) is 0 Å². The van der Waals surface area contributed by atoms with E-state index in [0.717, 1.165) is 0 Å². The molecule has 0 aromatic rings. The van der Waals surface area contributed by atoms with Gasteiger partial charge in [-0.15, -0.1) is 102 Å². The lowest BCUT2D eigenvalue weighted by Gasteiger charge is -1.07. The highest BCUT2D eigenvalue weighted by atomic mass is 79.9. The van der Waals surface area contributed by atoms with Gasteiger partial charge in [-0.25, -0.2) is 0 Å². The molecule has 6 heteroatoms. The molecule has 0 rings (SSSR count). The van der Waals surface area contributed by atoms with Crippen molar-refractivity contribution >= 4 is 102 Å². The Morgan fingerprint density at radius 3 is 0.375 bits per heavy atom. The van der Waals surface area contributed by atoms with Crippen LogP contribution in [0.3, 0.4) is 0 Å². The van der Waals surface area contributed by atoms with Crippen molar-refractivity contribution in [1.82, 2.24) is 0 Å². The van der Waals surface area contributed by atoms with Gasteiger partial charge in [-0.1, -0.05) is 13.8 Å². The predicted octanol–water partition coefficient (Wildman–Crippen LogP) is 4.49. The van der Waals surface area contributed by atoms with Crippen molar-refractivity contribution in [3.63, 3.8) is 0 Å². The lowest BCUT2D eigenvalue weighted by Crippen LogP contribution is -0.856. The molecule has 62 valence electrons. The van der Waals surface area contributed by atoms with Gasteiger partial charge >= 0.3 is 0 Å². The number of hydrogen-bond acceptors (Lipinski definition) is 0. The highest BCUT2D eigenvalue weighted by Crippen LogP contribution is 1.14. The molecule has 0 radical (unpaired) electrons. The zero-order chi connectivity index (χ0) is 2.00. The van der Waals surface area contributed by atoms with Gasteiger partial charge < -0.3 is 0 Å². The van der Waals surface area contributed by atoms with Gasteiger partial charge in [0.05, 0.1) is 0 Å². The van der Waals surface area contributed by atoms with E-state index in [2.05, 4.69) is 0 Å². The minimum Gasteiger partial charge on any atom is -0.114 e. The molecule has 0 fully saturated rings. The first-order valence-electron chi connectivity index (χ1n) is 1.00. The molecule has 0 N–H and O–H groups in total. The summed E-state index contributed by atoms with van der Waals surface area (Å²) in [6, 6.07) is 0. The molecule has 0 saturated carbocycles. The van der Waals surface area contributed by atoms with Crippen LogP contribution >= 0.6 is 102 Å². The van der Waals surface area contributed by atoms with E-state index in [0.29, 0.717) is 0 Å². The van der Waals surface area contributed by atoms with Crippen molar-refractivity contribution in [3.05, 3.63) is 0 Å². The fourth-order valence-electron chi connectivity index (χ4n) is 0. The maximum Gasteiger partial charge on any atom is -0.0683 e. The van der Waals surface area contributed by atoms with E-state index in [1.807, 2.05) is 13.8 Å². The van der Waals surface area contributed by atoms with Crippen LogP contribution in [0.5, 0.6) is 0 Å². The Hall–Kier alpha value is 2.88. The Labute approximate surface area is 114 Å². The number of rotatable bonds is 0. The number of hydrogen-bond donors (Lipinski definition) is 0. The highest BCUT2D eigenvalue weighted by Gasteiger charge is 0.932. The first-order valence-corrected chi connectivity index (χ1v) is 1.00. The van der Waals surface area contributed by atoms with Crippen LogP contribution in [0.4, 0.5) is 0 Å². The minimum absolute atomic E-state index is 0. The molecule has 0 aliphatic carbocycles. The van der Waals surface area contributed by atoms with Crippen molar-refractivity contribution in [1.29, 1.82) is 0 Å². The second-order valence-corrected chi connectivity index (χ2v) is 0. The molecule has 0 amide bonds. The van der Waals surface area contributed by atoms with Crippen LogP contribution in [0.1, 0.15) is 13.8 Å². The van der Waals surface area contributed by atoms with Crippen molar-refractivity contribution < 1.29 is 0 Å². The standard InChI is InChI=1S/C2H6.6BrH/c1-2;;;;;;/h1-2H3;6*1H. The maximum absolute atomic E-state index is 2.00. The zero-order valence-corrected chi connectivity index (χ0v) is 14.7. The summed E-state index contributed by atoms with van der Waals surface area (Å²) in [6.45, 7) is 4.00. The van der Waals surface area contributed by atoms with Gasteiger partial charge in [-0.05, 0) is 0 Å². The predicted molar refractivity (Wildman–Crippen MR) is 73.3 cm³/mol. The fraction of sp³-hybridized carbons (Fsp3) is 1.00. The summed E-state index contributed by atoms with van der Waals surface area (Å²) in [4.78, 5) is 0. The molecule has 0 nitrogen and oxygen atoms in total. The second kappa shape index (κ2) is 93.9.